The average Bonchev–Trinajstić information content (AvgIpc) is 3.29. The first-order chi connectivity index (χ1) is 13.2. The van der Waals surface area contributed by atoms with Crippen molar-refractivity contribution in [2.45, 2.75) is 6.42 Å². The summed E-state index contributed by atoms with van der Waals surface area (Å²) in [4.78, 5) is 18.0. The Hall–Kier alpha value is -3.12. The summed E-state index contributed by atoms with van der Waals surface area (Å²) in [5, 5.41) is 4.83. The van der Waals surface area contributed by atoms with Gasteiger partial charge in [-0.3, -0.25) is 9.20 Å². The molecule has 0 fully saturated rings. The minimum absolute atomic E-state index is 0.0910. The molecule has 0 bridgehead atoms. The van der Waals surface area contributed by atoms with E-state index in [0.29, 0.717) is 12.2 Å². The molecule has 0 radical (unpaired) electrons. The zero-order valence-electron chi connectivity index (χ0n) is 14.9. The lowest BCUT2D eigenvalue weighted by atomic mass is 10.1. The zero-order chi connectivity index (χ0) is 18.6. The molecule has 1 N–H and O–H groups in total. The van der Waals surface area contributed by atoms with Crippen LogP contribution in [-0.2, 0) is 6.42 Å². The van der Waals surface area contributed by atoms with Crippen LogP contribution in [0, 0.1) is 0 Å². The topological polar surface area (TPSA) is 55.6 Å². The molecule has 1 amide bonds. The average molecular weight is 377 g/mol. The first kappa shape index (κ1) is 17.3. The molecule has 0 atom stereocenters. The van der Waals surface area contributed by atoms with E-state index in [1.165, 1.54) is 16.9 Å². The van der Waals surface area contributed by atoms with Gasteiger partial charge >= 0.3 is 0 Å². The van der Waals surface area contributed by atoms with Gasteiger partial charge in [0.2, 0.25) is 0 Å². The van der Waals surface area contributed by atoms with E-state index in [4.69, 9.17) is 4.74 Å². The Bertz CT molecular complexity index is 1070. The van der Waals surface area contributed by atoms with E-state index in [9.17, 15) is 4.79 Å². The maximum absolute atomic E-state index is 12.6. The number of hydrogen-bond donors (Lipinski definition) is 1. The van der Waals surface area contributed by atoms with Gasteiger partial charge in [-0.15, -0.1) is 11.3 Å². The summed E-state index contributed by atoms with van der Waals surface area (Å²) in [5.74, 6) is 0.689. The second kappa shape index (κ2) is 7.63. The minimum atomic E-state index is -0.0910. The first-order valence-corrected chi connectivity index (χ1v) is 9.56. The van der Waals surface area contributed by atoms with Crippen molar-refractivity contribution in [3.05, 3.63) is 77.4 Å². The lowest BCUT2D eigenvalue weighted by molar-refractivity contribution is 0.0948. The molecule has 0 aliphatic heterocycles. The number of carbonyl (C=O) groups excluding carboxylic acids is 1. The van der Waals surface area contributed by atoms with Crippen LogP contribution in [0.5, 0.6) is 5.75 Å². The number of amides is 1. The number of rotatable bonds is 6. The molecule has 0 saturated carbocycles. The molecule has 136 valence electrons. The largest absolute Gasteiger partial charge is 0.497 e. The van der Waals surface area contributed by atoms with Crippen LogP contribution in [-0.4, -0.2) is 28.9 Å². The van der Waals surface area contributed by atoms with Crippen molar-refractivity contribution in [3.63, 3.8) is 0 Å². The summed E-state index contributed by atoms with van der Waals surface area (Å²) in [6.45, 7) is 0.595. The molecule has 6 heteroatoms. The molecular weight excluding hydrogens is 358 g/mol. The number of nitrogens with one attached hydrogen (secondary N) is 1. The highest BCUT2D eigenvalue weighted by molar-refractivity contribution is 7.15. The molecule has 5 nitrogen and oxygen atoms in total. The van der Waals surface area contributed by atoms with E-state index < -0.39 is 0 Å². The predicted molar refractivity (Wildman–Crippen MR) is 108 cm³/mol. The van der Waals surface area contributed by atoms with Crippen molar-refractivity contribution >= 4 is 22.2 Å². The third-order valence-electron chi connectivity index (χ3n) is 4.35. The molecule has 0 spiro atoms. The van der Waals surface area contributed by atoms with Gasteiger partial charge in [0.1, 0.15) is 11.4 Å². The number of aromatic nitrogens is 2. The van der Waals surface area contributed by atoms with Crippen molar-refractivity contribution in [2.75, 3.05) is 13.7 Å². The number of ether oxygens (including phenoxy) is 1. The molecular formula is C21H19N3O2S. The maximum atomic E-state index is 12.6. The molecule has 2 heterocycles. The van der Waals surface area contributed by atoms with Gasteiger partial charge in [-0.2, -0.15) is 0 Å². The fourth-order valence-corrected chi connectivity index (χ4v) is 3.78. The first-order valence-electron chi connectivity index (χ1n) is 8.68. The van der Waals surface area contributed by atoms with Gasteiger partial charge in [0.25, 0.3) is 5.91 Å². The smallest absolute Gasteiger partial charge is 0.269 e. The molecule has 0 unspecified atom stereocenters. The Kier molecular flexibility index (Phi) is 4.89. The van der Waals surface area contributed by atoms with Crippen LogP contribution in [0.25, 0.3) is 16.2 Å². The molecule has 2 aromatic heterocycles. The van der Waals surface area contributed by atoms with Crippen LogP contribution in [0.1, 0.15) is 16.1 Å². The summed E-state index contributed by atoms with van der Waals surface area (Å²) in [6.07, 6.45) is 2.70. The van der Waals surface area contributed by atoms with Gasteiger partial charge in [0.05, 0.1) is 12.8 Å². The van der Waals surface area contributed by atoms with Crippen LogP contribution in [0.15, 0.2) is 66.2 Å². The summed E-state index contributed by atoms with van der Waals surface area (Å²) in [6, 6.07) is 17.9. The molecule has 0 aliphatic carbocycles. The number of methoxy groups -OCH3 is 1. The maximum Gasteiger partial charge on any atom is 0.269 e. The standard InChI is InChI=1S/C21H19N3O2S/c1-26-17-9-5-8-16(12-17)18-13-24-19(14-27-21(24)23-18)20(25)22-11-10-15-6-3-2-4-7-15/h2-9,12-14H,10-11H2,1H3,(H,22,25). The molecule has 27 heavy (non-hydrogen) atoms. The van der Waals surface area contributed by atoms with Crippen LogP contribution in [0.4, 0.5) is 0 Å². The van der Waals surface area contributed by atoms with Crippen LogP contribution in [0.3, 0.4) is 0 Å². The van der Waals surface area contributed by atoms with Gasteiger partial charge < -0.3 is 10.1 Å². The Labute approximate surface area is 161 Å². The lowest BCUT2D eigenvalue weighted by Gasteiger charge is -2.04. The van der Waals surface area contributed by atoms with Crippen molar-refractivity contribution in [1.82, 2.24) is 14.7 Å². The highest BCUT2D eigenvalue weighted by Crippen LogP contribution is 2.26. The van der Waals surface area contributed by atoms with Crippen LogP contribution in [0.2, 0.25) is 0 Å². The Balaban J connectivity index is 1.50. The van der Waals surface area contributed by atoms with Gasteiger partial charge in [0, 0.05) is 23.7 Å². The molecule has 4 aromatic rings. The SMILES string of the molecule is COc1cccc(-c2cn3c(C(=O)NCCc4ccccc4)csc3n2)c1. The highest BCUT2D eigenvalue weighted by atomic mass is 32.1. The van der Waals surface area contributed by atoms with Crippen molar-refractivity contribution in [3.8, 4) is 17.0 Å². The second-order valence-electron chi connectivity index (χ2n) is 6.12. The van der Waals surface area contributed by atoms with Crippen molar-refractivity contribution < 1.29 is 9.53 Å². The number of fused-ring (bicyclic) bond motifs is 1. The van der Waals surface area contributed by atoms with E-state index in [1.54, 1.807) is 7.11 Å². The quantitative estimate of drug-likeness (QED) is 0.552. The van der Waals surface area contributed by atoms with E-state index in [1.807, 2.05) is 58.4 Å². The Morgan fingerprint density at radius 1 is 1.19 bits per heavy atom. The number of imidazole rings is 1. The molecule has 0 saturated heterocycles. The van der Waals surface area contributed by atoms with Crippen molar-refractivity contribution in [1.29, 1.82) is 0 Å². The van der Waals surface area contributed by atoms with E-state index >= 15 is 0 Å². The third-order valence-corrected chi connectivity index (χ3v) is 5.19. The number of carbonyl (C=O) groups is 1. The molecule has 0 aliphatic rings. The van der Waals surface area contributed by atoms with E-state index in [0.717, 1.165) is 28.4 Å². The summed E-state index contributed by atoms with van der Waals surface area (Å²) >= 11 is 1.46. The number of nitrogens with zero attached hydrogens (tertiary/aromatic N) is 2. The minimum Gasteiger partial charge on any atom is -0.497 e. The fraction of sp³-hybridized carbons (Fsp3) is 0.143. The van der Waals surface area contributed by atoms with E-state index in [-0.39, 0.29) is 5.91 Å². The zero-order valence-corrected chi connectivity index (χ0v) is 15.7. The van der Waals surface area contributed by atoms with Crippen LogP contribution < -0.4 is 10.1 Å². The van der Waals surface area contributed by atoms with Gasteiger partial charge in [0.15, 0.2) is 4.96 Å². The highest BCUT2D eigenvalue weighted by Gasteiger charge is 2.15. The third kappa shape index (κ3) is 3.71. The summed E-state index contributed by atoms with van der Waals surface area (Å²) < 4.78 is 7.12. The fourth-order valence-electron chi connectivity index (χ4n) is 2.92. The predicted octanol–water partition coefficient (Wildman–Crippen LogP) is 4.04. The normalized spacial score (nSPS) is 10.9. The summed E-state index contributed by atoms with van der Waals surface area (Å²) in [7, 11) is 1.64. The number of benzene rings is 2. The number of hydrogen-bond acceptors (Lipinski definition) is 4. The Morgan fingerprint density at radius 2 is 2.04 bits per heavy atom. The van der Waals surface area contributed by atoms with Crippen molar-refractivity contribution in [2.24, 2.45) is 0 Å². The Morgan fingerprint density at radius 3 is 2.85 bits per heavy atom. The van der Waals surface area contributed by atoms with Crippen LogP contribution >= 0.6 is 11.3 Å². The van der Waals surface area contributed by atoms with Gasteiger partial charge in [-0.25, -0.2) is 4.98 Å². The van der Waals surface area contributed by atoms with Gasteiger partial charge in [-0.1, -0.05) is 42.5 Å². The van der Waals surface area contributed by atoms with Gasteiger partial charge in [-0.05, 0) is 24.1 Å². The van der Waals surface area contributed by atoms with E-state index in [2.05, 4.69) is 22.4 Å². The second-order valence-corrected chi connectivity index (χ2v) is 6.96. The lowest BCUT2D eigenvalue weighted by Crippen LogP contribution is -2.26. The molecule has 2 aromatic carbocycles. The molecule has 4 rings (SSSR count). The number of thiazole rings is 1. The monoisotopic (exact) mass is 377 g/mol. The summed E-state index contributed by atoms with van der Waals surface area (Å²) in [5.41, 5.74) is 3.58.